The summed E-state index contributed by atoms with van der Waals surface area (Å²) in [6.07, 6.45) is 4.83. The van der Waals surface area contributed by atoms with Gasteiger partial charge in [-0.3, -0.25) is 9.36 Å². The van der Waals surface area contributed by atoms with Crippen LogP contribution in [0.25, 0.3) is 0 Å². The third-order valence-corrected chi connectivity index (χ3v) is 5.91. The molecule has 1 amide bonds. The molecule has 1 N–H and O–H groups in total. The van der Waals surface area contributed by atoms with Gasteiger partial charge in [-0.15, -0.1) is 16.8 Å². The molecule has 0 aliphatic rings. The topological polar surface area (TPSA) is 69.0 Å². The van der Waals surface area contributed by atoms with E-state index in [0.717, 1.165) is 36.3 Å². The molecule has 0 fully saturated rings. The number of nitrogens with one attached hydrogen (secondary N) is 1. The third-order valence-electron chi connectivity index (χ3n) is 4.94. The maximum absolute atomic E-state index is 12.5. The SMILES string of the molecule is C=CCn1c(COc2ccc(CCC)cc2)nnc1SCC(=O)Nc1ccccc1CC. The van der Waals surface area contributed by atoms with Gasteiger partial charge in [0.1, 0.15) is 12.4 Å². The molecular weight excluding hydrogens is 420 g/mol. The first kappa shape index (κ1) is 23.6. The zero-order valence-corrected chi connectivity index (χ0v) is 19.5. The molecular formula is C25H30N4O2S. The van der Waals surface area contributed by atoms with Gasteiger partial charge in [0.05, 0.1) is 5.75 Å². The van der Waals surface area contributed by atoms with E-state index in [4.69, 9.17) is 4.74 Å². The largest absolute Gasteiger partial charge is 0.486 e. The molecule has 0 spiro atoms. The molecule has 3 rings (SSSR count). The van der Waals surface area contributed by atoms with Crippen LogP contribution in [0.15, 0.2) is 66.3 Å². The maximum Gasteiger partial charge on any atom is 0.234 e. The second kappa shape index (κ2) is 12.1. The van der Waals surface area contributed by atoms with Crippen LogP contribution in [-0.2, 0) is 30.8 Å². The molecule has 6 nitrogen and oxygen atoms in total. The monoisotopic (exact) mass is 450 g/mol. The fourth-order valence-electron chi connectivity index (χ4n) is 3.30. The van der Waals surface area contributed by atoms with Crippen LogP contribution in [0.3, 0.4) is 0 Å². The van der Waals surface area contributed by atoms with Crippen molar-refractivity contribution in [2.45, 2.75) is 51.4 Å². The lowest BCUT2D eigenvalue weighted by Crippen LogP contribution is -2.16. The molecule has 0 atom stereocenters. The first-order valence-corrected chi connectivity index (χ1v) is 11.9. The molecule has 7 heteroatoms. The van der Waals surface area contributed by atoms with E-state index in [-0.39, 0.29) is 11.7 Å². The Morgan fingerprint density at radius 2 is 1.94 bits per heavy atom. The molecule has 0 aliphatic carbocycles. The van der Waals surface area contributed by atoms with Gasteiger partial charge in [-0.05, 0) is 42.2 Å². The highest BCUT2D eigenvalue weighted by Gasteiger charge is 2.15. The highest BCUT2D eigenvalue weighted by atomic mass is 32.2. The molecule has 2 aromatic carbocycles. The second-order valence-corrected chi connectivity index (χ2v) is 8.27. The average Bonchev–Trinajstić information content (AvgIpc) is 3.19. The zero-order chi connectivity index (χ0) is 22.8. The number of hydrogen-bond donors (Lipinski definition) is 1. The van der Waals surface area contributed by atoms with Crippen molar-refractivity contribution >= 4 is 23.4 Å². The van der Waals surface area contributed by atoms with Crippen LogP contribution in [0.4, 0.5) is 5.69 Å². The van der Waals surface area contributed by atoms with Crippen molar-refractivity contribution in [2.24, 2.45) is 0 Å². The van der Waals surface area contributed by atoms with Crippen LogP contribution < -0.4 is 10.1 Å². The summed E-state index contributed by atoms with van der Waals surface area (Å²) in [4.78, 5) is 12.5. The molecule has 0 radical (unpaired) electrons. The minimum Gasteiger partial charge on any atom is -0.486 e. The predicted molar refractivity (Wildman–Crippen MR) is 130 cm³/mol. The molecule has 3 aromatic rings. The standard InChI is InChI=1S/C25H30N4O2S/c1-4-9-19-12-14-21(15-13-19)31-17-23-27-28-25(29(23)16-5-2)32-18-24(30)26-22-11-8-7-10-20(22)6-3/h5,7-8,10-15H,2,4,6,9,16-18H2,1,3H3,(H,26,30). The molecule has 0 saturated carbocycles. The summed E-state index contributed by atoms with van der Waals surface area (Å²) >= 11 is 1.35. The number of ether oxygens (including phenoxy) is 1. The van der Waals surface area contributed by atoms with E-state index < -0.39 is 0 Å². The first-order valence-electron chi connectivity index (χ1n) is 10.9. The van der Waals surface area contributed by atoms with E-state index in [9.17, 15) is 4.79 Å². The van der Waals surface area contributed by atoms with E-state index in [2.05, 4.69) is 48.1 Å². The first-order chi connectivity index (χ1) is 15.6. The van der Waals surface area contributed by atoms with Crippen molar-refractivity contribution in [3.05, 3.63) is 78.1 Å². The van der Waals surface area contributed by atoms with Crippen LogP contribution in [0.2, 0.25) is 0 Å². The lowest BCUT2D eigenvalue weighted by Gasteiger charge is -2.11. The molecule has 1 heterocycles. The molecule has 1 aromatic heterocycles. The highest BCUT2D eigenvalue weighted by molar-refractivity contribution is 7.99. The molecule has 0 unspecified atom stereocenters. The van der Waals surface area contributed by atoms with Crippen molar-refractivity contribution in [1.29, 1.82) is 0 Å². The van der Waals surface area contributed by atoms with Gasteiger partial charge in [0.15, 0.2) is 11.0 Å². The van der Waals surface area contributed by atoms with Crippen LogP contribution in [0.5, 0.6) is 5.75 Å². The normalized spacial score (nSPS) is 10.7. The number of thioether (sulfide) groups is 1. The summed E-state index contributed by atoms with van der Waals surface area (Å²) in [5, 5.41) is 12.2. The number of allylic oxidation sites excluding steroid dienone is 1. The van der Waals surface area contributed by atoms with Gasteiger partial charge in [-0.1, -0.05) is 68.4 Å². The molecule has 0 aliphatic heterocycles. The zero-order valence-electron chi connectivity index (χ0n) is 18.7. The Labute approximate surface area is 194 Å². The van der Waals surface area contributed by atoms with E-state index in [0.29, 0.717) is 24.1 Å². The molecule has 168 valence electrons. The van der Waals surface area contributed by atoms with Crippen molar-refractivity contribution in [1.82, 2.24) is 14.8 Å². The second-order valence-electron chi connectivity index (χ2n) is 7.33. The summed E-state index contributed by atoms with van der Waals surface area (Å²) in [5.41, 5.74) is 3.27. The Balaban J connectivity index is 1.60. The van der Waals surface area contributed by atoms with Crippen molar-refractivity contribution in [3.8, 4) is 5.75 Å². The number of hydrogen-bond acceptors (Lipinski definition) is 5. The number of anilines is 1. The Morgan fingerprint density at radius 1 is 1.16 bits per heavy atom. The van der Waals surface area contributed by atoms with Gasteiger partial charge < -0.3 is 10.1 Å². The quantitative estimate of drug-likeness (QED) is 0.300. The van der Waals surface area contributed by atoms with Crippen LogP contribution in [-0.4, -0.2) is 26.4 Å². The highest BCUT2D eigenvalue weighted by Crippen LogP contribution is 2.21. The number of amides is 1. The van der Waals surface area contributed by atoms with Crippen LogP contribution >= 0.6 is 11.8 Å². The van der Waals surface area contributed by atoms with Gasteiger partial charge in [-0.25, -0.2) is 0 Å². The van der Waals surface area contributed by atoms with Gasteiger partial charge in [-0.2, -0.15) is 0 Å². The number of carbonyl (C=O) groups excluding carboxylic acids is 1. The van der Waals surface area contributed by atoms with Crippen LogP contribution in [0, 0.1) is 0 Å². The summed E-state index contributed by atoms with van der Waals surface area (Å²) in [6.45, 7) is 8.91. The van der Waals surface area contributed by atoms with Crippen LogP contribution in [0.1, 0.15) is 37.2 Å². The van der Waals surface area contributed by atoms with Gasteiger partial charge in [0.2, 0.25) is 5.91 Å². The van der Waals surface area contributed by atoms with Gasteiger partial charge in [0, 0.05) is 12.2 Å². The maximum atomic E-state index is 12.5. The van der Waals surface area contributed by atoms with E-state index in [1.807, 2.05) is 41.0 Å². The number of carbonyl (C=O) groups is 1. The molecule has 0 bridgehead atoms. The number of nitrogens with zero attached hydrogens (tertiary/aromatic N) is 3. The predicted octanol–water partition coefficient (Wildman–Crippen LogP) is 5.29. The lowest BCUT2D eigenvalue weighted by atomic mass is 10.1. The van der Waals surface area contributed by atoms with Gasteiger partial charge in [0.25, 0.3) is 0 Å². The average molecular weight is 451 g/mol. The smallest absolute Gasteiger partial charge is 0.234 e. The Kier molecular flexibility index (Phi) is 8.92. The van der Waals surface area contributed by atoms with Crippen molar-refractivity contribution < 1.29 is 9.53 Å². The van der Waals surface area contributed by atoms with E-state index in [1.54, 1.807) is 6.08 Å². The fourth-order valence-corrected chi connectivity index (χ4v) is 4.07. The number of aryl methyl sites for hydroxylation is 2. The van der Waals surface area contributed by atoms with Crippen molar-refractivity contribution in [2.75, 3.05) is 11.1 Å². The summed E-state index contributed by atoms with van der Waals surface area (Å²) in [5.74, 6) is 1.66. The Hall–Kier alpha value is -3.06. The third kappa shape index (κ3) is 6.47. The fraction of sp³-hybridized carbons (Fsp3) is 0.320. The number of rotatable bonds is 12. The summed E-state index contributed by atoms with van der Waals surface area (Å²) in [7, 11) is 0. The van der Waals surface area contributed by atoms with Gasteiger partial charge >= 0.3 is 0 Å². The van der Waals surface area contributed by atoms with E-state index >= 15 is 0 Å². The number of benzene rings is 2. The number of aromatic nitrogens is 3. The summed E-state index contributed by atoms with van der Waals surface area (Å²) < 4.78 is 7.84. The minimum absolute atomic E-state index is 0.0750. The van der Waals surface area contributed by atoms with Crippen molar-refractivity contribution in [3.63, 3.8) is 0 Å². The summed E-state index contributed by atoms with van der Waals surface area (Å²) in [6, 6.07) is 16.0. The minimum atomic E-state index is -0.0750. The van der Waals surface area contributed by atoms with E-state index in [1.165, 1.54) is 17.3 Å². The molecule has 32 heavy (non-hydrogen) atoms. The molecule has 0 saturated heterocycles. The Bertz CT molecular complexity index is 1030. The Morgan fingerprint density at radius 3 is 2.66 bits per heavy atom. The lowest BCUT2D eigenvalue weighted by molar-refractivity contribution is -0.113. The number of para-hydroxylation sites is 1.